The van der Waals surface area contributed by atoms with E-state index in [1.807, 2.05) is 30.3 Å². The van der Waals surface area contributed by atoms with E-state index < -0.39 is 0 Å². The number of benzene rings is 1. The van der Waals surface area contributed by atoms with Gasteiger partial charge in [-0.15, -0.1) is 5.10 Å². The SMILES string of the molecule is C=C1NN(c2ccccc2)C([O-])=C1C=Nc1nn[nH]n1. The fraction of sp³-hybridized carbons (Fsp3) is 0. The third-order valence-electron chi connectivity index (χ3n) is 2.66. The van der Waals surface area contributed by atoms with E-state index in [0.717, 1.165) is 5.69 Å². The number of hydrogen-bond donors (Lipinski definition) is 2. The van der Waals surface area contributed by atoms with Crippen molar-refractivity contribution in [1.82, 2.24) is 26.0 Å². The van der Waals surface area contributed by atoms with Gasteiger partial charge in [0.2, 0.25) is 0 Å². The summed E-state index contributed by atoms with van der Waals surface area (Å²) >= 11 is 0. The minimum Gasteiger partial charge on any atom is -0.858 e. The third kappa shape index (κ3) is 2.09. The van der Waals surface area contributed by atoms with Crippen molar-refractivity contribution in [3.05, 3.63) is 54.1 Å². The quantitative estimate of drug-likeness (QED) is 0.760. The van der Waals surface area contributed by atoms with E-state index in [1.54, 1.807) is 0 Å². The van der Waals surface area contributed by atoms with Gasteiger partial charge in [-0.3, -0.25) is 10.4 Å². The Morgan fingerprint density at radius 1 is 1.30 bits per heavy atom. The highest BCUT2D eigenvalue weighted by atomic mass is 16.3. The lowest BCUT2D eigenvalue weighted by molar-refractivity contribution is -0.305. The van der Waals surface area contributed by atoms with Crippen LogP contribution in [-0.4, -0.2) is 26.8 Å². The molecular weight excluding hydrogens is 258 g/mol. The van der Waals surface area contributed by atoms with E-state index in [-0.39, 0.29) is 11.8 Å². The average Bonchev–Trinajstić information content (AvgIpc) is 3.07. The van der Waals surface area contributed by atoms with Crippen molar-refractivity contribution in [2.45, 2.75) is 0 Å². The summed E-state index contributed by atoms with van der Waals surface area (Å²) in [5.74, 6) is -0.0929. The second-order valence-electron chi connectivity index (χ2n) is 3.95. The van der Waals surface area contributed by atoms with E-state index >= 15 is 0 Å². The van der Waals surface area contributed by atoms with Crippen LogP contribution in [0.3, 0.4) is 0 Å². The summed E-state index contributed by atoms with van der Waals surface area (Å²) in [5.41, 5.74) is 4.43. The summed E-state index contributed by atoms with van der Waals surface area (Å²) < 4.78 is 0. The Kier molecular flexibility index (Phi) is 2.88. The molecule has 0 aliphatic carbocycles. The molecule has 0 radical (unpaired) electrons. The van der Waals surface area contributed by atoms with Crippen LogP contribution in [0.5, 0.6) is 0 Å². The lowest BCUT2D eigenvalue weighted by atomic mass is 10.2. The molecule has 1 aromatic carbocycles. The van der Waals surface area contributed by atoms with E-state index in [0.29, 0.717) is 11.3 Å². The number of allylic oxidation sites excluding steroid dienone is 1. The second kappa shape index (κ2) is 4.84. The number of rotatable bonds is 3. The van der Waals surface area contributed by atoms with Gasteiger partial charge in [-0.25, -0.2) is 4.99 Å². The Hall–Kier alpha value is -3.16. The maximum Gasteiger partial charge on any atom is 0.288 e. The van der Waals surface area contributed by atoms with E-state index in [1.165, 1.54) is 11.2 Å². The minimum absolute atomic E-state index is 0.149. The molecule has 1 aliphatic heterocycles. The smallest absolute Gasteiger partial charge is 0.288 e. The zero-order chi connectivity index (χ0) is 13.9. The number of anilines is 1. The largest absolute Gasteiger partial charge is 0.858 e. The summed E-state index contributed by atoms with van der Waals surface area (Å²) in [6.45, 7) is 3.80. The Morgan fingerprint density at radius 2 is 2.10 bits per heavy atom. The zero-order valence-corrected chi connectivity index (χ0v) is 10.3. The number of aromatic nitrogens is 4. The highest BCUT2D eigenvalue weighted by Crippen LogP contribution is 2.24. The van der Waals surface area contributed by atoms with Gasteiger partial charge in [0.1, 0.15) is 0 Å². The highest BCUT2D eigenvalue weighted by Gasteiger charge is 2.18. The molecule has 0 spiro atoms. The van der Waals surface area contributed by atoms with Gasteiger partial charge >= 0.3 is 0 Å². The summed E-state index contributed by atoms with van der Waals surface area (Å²) in [4.78, 5) is 3.95. The van der Waals surface area contributed by atoms with Gasteiger partial charge in [-0.2, -0.15) is 5.21 Å². The van der Waals surface area contributed by atoms with Crippen LogP contribution in [0.4, 0.5) is 11.6 Å². The van der Waals surface area contributed by atoms with Gasteiger partial charge in [0, 0.05) is 11.8 Å². The standard InChI is InChI=1S/C12H11N7O/c1-8-10(7-13-12-14-17-18-15-12)11(20)19(16-8)9-5-3-2-4-6-9/h2-7,16,20H,1H2,(H,14,15,17,18)/p-1. The van der Waals surface area contributed by atoms with Crippen LogP contribution in [0.1, 0.15) is 0 Å². The molecule has 1 aromatic heterocycles. The van der Waals surface area contributed by atoms with E-state index in [9.17, 15) is 5.11 Å². The molecule has 1 aliphatic rings. The fourth-order valence-corrected chi connectivity index (χ4v) is 1.72. The first kappa shape index (κ1) is 11.9. The van der Waals surface area contributed by atoms with Gasteiger partial charge in [-0.1, -0.05) is 29.9 Å². The van der Waals surface area contributed by atoms with Crippen molar-refractivity contribution >= 4 is 17.9 Å². The number of nitrogens with one attached hydrogen (secondary N) is 2. The number of H-pyrrole nitrogens is 1. The molecule has 0 atom stereocenters. The van der Waals surface area contributed by atoms with Crippen molar-refractivity contribution in [1.29, 1.82) is 0 Å². The lowest BCUT2D eigenvalue weighted by Crippen LogP contribution is -2.35. The van der Waals surface area contributed by atoms with E-state index in [4.69, 9.17) is 0 Å². The Morgan fingerprint density at radius 3 is 2.80 bits per heavy atom. The first-order valence-corrected chi connectivity index (χ1v) is 5.75. The van der Waals surface area contributed by atoms with E-state index in [2.05, 4.69) is 37.6 Å². The molecular formula is C12H10N7O-. The monoisotopic (exact) mass is 268 g/mol. The van der Waals surface area contributed by atoms with Gasteiger partial charge < -0.3 is 5.11 Å². The average molecular weight is 268 g/mol. The summed E-state index contributed by atoms with van der Waals surface area (Å²) in [5, 5.41) is 26.7. The number of aliphatic imine (C=N–C) groups is 1. The molecule has 0 fully saturated rings. The predicted octanol–water partition coefficient (Wildman–Crippen LogP) is 0.0124. The number of nitrogens with zero attached hydrogens (tertiary/aromatic N) is 5. The molecule has 20 heavy (non-hydrogen) atoms. The number of para-hydroxylation sites is 1. The molecule has 0 amide bonds. The summed E-state index contributed by atoms with van der Waals surface area (Å²) in [6, 6.07) is 9.20. The number of hydrogen-bond acceptors (Lipinski definition) is 7. The molecule has 100 valence electrons. The van der Waals surface area contributed by atoms with Crippen molar-refractivity contribution in [3.8, 4) is 0 Å². The molecule has 3 rings (SSSR count). The molecule has 0 saturated carbocycles. The normalized spacial score (nSPS) is 15.2. The molecule has 2 heterocycles. The third-order valence-corrected chi connectivity index (χ3v) is 2.66. The Balaban J connectivity index is 1.90. The summed E-state index contributed by atoms with van der Waals surface area (Å²) in [7, 11) is 0. The molecule has 0 bridgehead atoms. The molecule has 2 aromatic rings. The number of hydrazine groups is 1. The molecule has 0 unspecified atom stereocenters. The predicted molar refractivity (Wildman–Crippen MR) is 70.6 cm³/mol. The van der Waals surface area contributed by atoms with Crippen LogP contribution >= 0.6 is 0 Å². The molecule has 0 saturated heterocycles. The van der Waals surface area contributed by atoms with Gasteiger partial charge in [0.05, 0.1) is 11.4 Å². The first-order valence-electron chi connectivity index (χ1n) is 5.75. The minimum atomic E-state index is -0.242. The van der Waals surface area contributed by atoms with Gasteiger partial charge in [-0.05, 0) is 23.2 Å². The maximum absolute atomic E-state index is 12.3. The Bertz CT molecular complexity index is 675. The molecule has 2 N–H and O–H groups in total. The van der Waals surface area contributed by atoms with Crippen molar-refractivity contribution in [2.75, 3.05) is 5.01 Å². The lowest BCUT2D eigenvalue weighted by Gasteiger charge is -2.25. The van der Waals surface area contributed by atoms with Crippen LogP contribution in [0.25, 0.3) is 0 Å². The van der Waals surface area contributed by atoms with Crippen molar-refractivity contribution in [2.24, 2.45) is 4.99 Å². The van der Waals surface area contributed by atoms with Gasteiger partial charge in [0.15, 0.2) is 0 Å². The van der Waals surface area contributed by atoms with Crippen molar-refractivity contribution < 1.29 is 5.11 Å². The zero-order valence-electron chi connectivity index (χ0n) is 10.3. The topological polar surface area (TPSA) is 105 Å². The first-order chi connectivity index (χ1) is 9.75. The van der Waals surface area contributed by atoms with Gasteiger partial charge in [0.25, 0.3) is 5.95 Å². The number of tetrazole rings is 1. The highest BCUT2D eigenvalue weighted by molar-refractivity contribution is 5.88. The van der Waals surface area contributed by atoms with Crippen LogP contribution in [-0.2, 0) is 0 Å². The fourth-order valence-electron chi connectivity index (χ4n) is 1.72. The second-order valence-corrected chi connectivity index (χ2v) is 3.95. The van der Waals surface area contributed by atoms with Crippen LogP contribution in [0.2, 0.25) is 0 Å². The number of aromatic amines is 1. The van der Waals surface area contributed by atoms with Crippen LogP contribution in [0.15, 0.2) is 59.1 Å². The molecule has 8 nitrogen and oxygen atoms in total. The molecule has 8 heteroatoms. The van der Waals surface area contributed by atoms with Crippen molar-refractivity contribution in [3.63, 3.8) is 0 Å². The van der Waals surface area contributed by atoms with Crippen LogP contribution < -0.4 is 15.5 Å². The maximum atomic E-state index is 12.3. The Labute approximate surface area is 114 Å². The summed E-state index contributed by atoms with van der Waals surface area (Å²) in [6.07, 6.45) is 1.37. The van der Waals surface area contributed by atoms with Crippen LogP contribution in [0, 0.1) is 0 Å².